The number of hydrogen-bond acceptors (Lipinski definition) is 3. The summed E-state index contributed by atoms with van der Waals surface area (Å²) in [6, 6.07) is 3.00. The maximum Gasteiger partial charge on any atom is 0.335 e. The second-order valence-electron chi connectivity index (χ2n) is 3.02. The third-order valence-electron chi connectivity index (χ3n) is 1.86. The van der Waals surface area contributed by atoms with E-state index >= 15 is 0 Å². The molecule has 0 saturated carbocycles. The van der Waals surface area contributed by atoms with Crippen LogP contribution in [0.2, 0.25) is 0 Å². The van der Waals surface area contributed by atoms with Crippen molar-refractivity contribution in [2.24, 2.45) is 0 Å². The molecule has 0 aliphatic heterocycles. The lowest BCUT2D eigenvalue weighted by atomic mass is 10.2. The predicted molar refractivity (Wildman–Crippen MR) is 59.1 cm³/mol. The van der Waals surface area contributed by atoms with Crippen molar-refractivity contribution in [3.05, 3.63) is 36.0 Å². The number of anilines is 1. The molecule has 0 fully saturated rings. The average Bonchev–Trinajstić information content (AvgIpc) is 2.25. The zero-order chi connectivity index (χ0) is 11.1. The van der Waals surface area contributed by atoms with Gasteiger partial charge < -0.3 is 10.4 Å². The summed E-state index contributed by atoms with van der Waals surface area (Å²) in [5, 5.41) is 11.8. The van der Waals surface area contributed by atoms with Gasteiger partial charge in [0.15, 0.2) is 0 Å². The highest BCUT2D eigenvalue weighted by atomic mass is 16.4. The number of aromatic nitrogens is 1. The maximum absolute atomic E-state index is 10.7. The minimum absolute atomic E-state index is 0.249. The first-order chi connectivity index (χ1) is 7.24. The Labute approximate surface area is 88.7 Å². The summed E-state index contributed by atoms with van der Waals surface area (Å²) < 4.78 is 0. The number of aromatic carboxylic acids is 1. The average molecular weight is 206 g/mol. The molecule has 0 aliphatic rings. The van der Waals surface area contributed by atoms with Crippen molar-refractivity contribution < 1.29 is 9.90 Å². The molecule has 0 aromatic carbocycles. The third kappa shape index (κ3) is 3.81. The van der Waals surface area contributed by atoms with Crippen LogP contribution in [0.4, 0.5) is 5.82 Å². The molecule has 0 spiro atoms. The molecule has 2 N–H and O–H groups in total. The lowest BCUT2D eigenvalue weighted by Crippen LogP contribution is -2.04. The van der Waals surface area contributed by atoms with Gasteiger partial charge in [0.05, 0.1) is 5.56 Å². The molecule has 0 aliphatic carbocycles. The second kappa shape index (κ2) is 5.80. The van der Waals surface area contributed by atoms with Crippen LogP contribution in [-0.2, 0) is 0 Å². The van der Waals surface area contributed by atoms with E-state index in [1.807, 2.05) is 19.1 Å². The number of pyridine rings is 1. The van der Waals surface area contributed by atoms with Crippen molar-refractivity contribution >= 4 is 11.8 Å². The Morgan fingerprint density at radius 1 is 1.67 bits per heavy atom. The third-order valence-corrected chi connectivity index (χ3v) is 1.86. The Kier molecular flexibility index (Phi) is 4.34. The number of carbonyl (C=O) groups is 1. The van der Waals surface area contributed by atoms with Crippen LogP contribution in [-0.4, -0.2) is 22.6 Å². The lowest BCUT2D eigenvalue weighted by Gasteiger charge is -2.03. The molecule has 1 rings (SSSR count). The molecule has 0 atom stereocenters. The zero-order valence-corrected chi connectivity index (χ0v) is 8.60. The molecule has 80 valence electrons. The van der Waals surface area contributed by atoms with Gasteiger partial charge in [-0.1, -0.05) is 12.2 Å². The number of hydrogen-bond donors (Lipinski definition) is 2. The SMILES string of the molecule is C/C=C/CCNc1cc(C(=O)O)ccn1. The Hall–Kier alpha value is -1.84. The van der Waals surface area contributed by atoms with Crippen molar-refractivity contribution in [1.29, 1.82) is 0 Å². The van der Waals surface area contributed by atoms with Crippen LogP contribution in [0.3, 0.4) is 0 Å². The number of carboxylic acid groups (broad SMARTS) is 1. The van der Waals surface area contributed by atoms with Gasteiger partial charge in [0, 0.05) is 12.7 Å². The van der Waals surface area contributed by atoms with Gasteiger partial charge in [0.2, 0.25) is 0 Å². The summed E-state index contributed by atoms with van der Waals surface area (Å²) in [6.07, 6.45) is 6.40. The molecule has 1 aromatic rings. The van der Waals surface area contributed by atoms with Crippen molar-refractivity contribution in [2.75, 3.05) is 11.9 Å². The molecule has 4 nitrogen and oxygen atoms in total. The standard InChI is InChI=1S/C11H14N2O2/c1-2-3-4-6-12-10-8-9(11(14)15)5-7-13-10/h2-3,5,7-8H,4,6H2,1H3,(H,12,13)(H,14,15)/b3-2+. The maximum atomic E-state index is 10.7. The molecule has 1 heterocycles. The minimum Gasteiger partial charge on any atom is -0.478 e. The fourth-order valence-electron chi connectivity index (χ4n) is 1.11. The van der Waals surface area contributed by atoms with Crippen LogP contribution >= 0.6 is 0 Å². The van der Waals surface area contributed by atoms with Crippen molar-refractivity contribution in [1.82, 2.24) is 4.98 Å². The first-order valence-corrected chi connectivity index (χ1v) is 4.78. The van der Waals surface area contributed by atoms with Crippen LogP contribution < -0.4 is 5.32 Å². The molecule has 0 amide bonds. The topological polar surface area (TPSA) is 62.2 Å². The summed E-state index contributed by atoms with van der Waals surface area (Å²) in [4.78, 5) is 14.7. The van der Waals surface area contributed by atoms with E-state index in [1.54, 1.807) is 0 Å². The zero-order valence-electron chi connectivity index (χ0n) is 8.60. The quantitative estimate of drug-likeness (QED) is 0.572. The predicted octanol–water partition coefficient (Wildman–Crippen LogP) is 2.16. The van der Waals surface area contributed by atoms with E-state index in [4.69, 9.17) is 5.11 Å². The monoisotopic (exact) mass is 206 g/mol. The normalized spacial score (nSPS) is 10.5. The van der Waals surface area contributed by atoms with Crippen molar-refractivity contribution in [3.8, 4) is 0 Å². The van der Waals surface area contributed by atoms with E-state index in [0.29, 0.717) is 5.82 Å². The largest absolute Gasteiger partial charge is 0.478 e. The molecule has 0 saturated heterocycles. The van der Waals surface area contributed by atoms with Gasteiger partial charge in [-0.05, 0) is 25.5 Å². The molecule has 1 aromatic heterocycles. The number of carboxylic acids is 1. The van der Waals surface area contributed by atoms with Gasteiger partial charge >= 0.3 is 5.97 Å². The fraction of sp³-hybridized carbons (Fsp3) is 0.273. The highest BCUT2D eigenvalue weighted by molar-refractivity contribution is 5.88. The Morgan fingerprint density at radius 2 is 2.47 bits per heavy atom. The van der Waals surface area contributed by atoms with Crippen LogP contribution in [0.15, 0.2) is 30.5 Å². The molecule has 0 radical (unpaired) electrons. The number of nitrogens with one attached hydrogen (secondary N) is 1. The first-order valence-electron chi connectivity index (χ1n) is 4.78. The van der Waals surface area contributed by atoms with Crippen LogP contribution in [0.5, 0.6) is 0 Å². The first kappa shape index (κ1) is 11.2. The highest BCUT2D eigenvalue weighted by Gasteiger charge is 2.02. The summed E-state index contributed by atoms with van der Waals surface area (Å²) in [5.41, 5.74) is 0.249. The van der Waals surface area contributed by atoms with Gasteiger partial charge in [-0.25, -0.2) is 9.78 Å². The minimum atomic E-state index is -0.936. The van der Waals surface area contributed by atoms with Gasteiger partial charge in [0.1, 0.15) is 5.82 Å². The Balaban J connectivity index is 2.54. The summed E-state index contributed by atoms with van der Waals surface area (Å²) >= 11 is 0. The van der Waals surface area contributed by atoms with Crippen molar-refractivity contribution in [3.63, 3.8) is 0 Å². The smallest absolute Gasteiger partial charge is 0.335 e. The van der Waals surface area contributed by atoms with Crippen LogP contribution in [0.1, 0.15) is 23.7 Å². The van der Waals surface area contributed by atoms with Crippen LogP contribution in [0, 0.1) is 0 Å². The second-order valence-corrected chi connectivity index (χ2v) is 3.02. The van der Waals surface area contributed by atoms with E-state index < -0.39 is 5.97 Å². The summed E-state index contributed by atoms with van der Waals surface area (Å²) in [5.74, 6) is -0.340. The molecule has 4 heteroatoms. The van der Waals surface area contributed by atoms with E-state index in [1.165, 1.54) is 18.3 Å². The summed E-state index contributed by atoms with van der Waals surface area (Å²) in [7, 11) is 0. The van der Waals surface area contributed by atoms with Gasteiger partial charge in [-0.15, -0.1) is 0 Å². The number of rotatable bonds is 5. The van der Waals surface area contributed by atoms with Gasteiger partial charge in [0.25, 0.3) is 0 Å². The van der Waals surface area contributed by atoms with Crippen LogP contribution in [0.25, 0.3) is 0 Å². The van der Waals surface area contributed by atoms with E-state index in [-0.39, 0.29) is 5.56 Å². The van der Waals surface area contributed by atoms with E-state index in [0.717, 1.165) is 13.0 Å². The van der Waals surface area contributed by atoms with Gasteiger partial charge in [-0.3, -0.25) is 0 Å². The van der Waals surface area contributed by atoms with E-state index in [2.05, 4.69) is 10.3 Å². The lowest BCUT2D eigenvalue weighted by molar-refractivity contribution is 0.0697. The molecule has 15 heavy (non-hydrogen) atoms. The Bertz CT molecular complexity index is 361. The number of nitrogens with zero attached hydrogens (tertiary/aromatic N) is 1. The highest BCUT2D eigenvalue weighted by Crippen LogP contribution is 2.06. The number of allylic oxidation sites excluding steroid dienone is 1. The molecule has 0 bridgehead atoms. The molecular formula is C11H14N2O2. The molecular weight excluding hydrogens is 192 g/mol. The Morgan fingerprint density at radius 3 is 3.13 bits per heavy atom. The summed E-state index contributed by atoms with van der Waals surface area (Å²) in [6.45, 7) is 2.71. The molecule has 0 unspecified atom stereocenters. The van der Waals surface area contributed by atoms with Gasteiger partial charge in [-0.2, -0.15) is 0 Å². The van der Waals surface area contributed by atoms with Crippen molar-refractivity contribution in [2.45, 2.75) is 13.3 Å². The van der Waals surface area contributed by atoms with E-state index in [9.17, 15) is 4.79 Å². The fourth-order valence-corrected chi connectivity index (χ4v) is 1.11.